The van der Waals surface area contributed by atoms with Gasteiger partial charge in [0.25, 0.3) is 5.56 Å². The minimum absolute atomic E-state index is 0.00146. The molecule has 4 N–H and O–H groups in total. The van der Waals surface area contributed by atoms with Crippen LogP contribution in [0.3, 0.4) is 0 Å². The Morgan fingerprint density at radius 3 is 2.39 bits per heavy atom. The SMILES string of the molecule is Nc1cn(Cc2ccc(CO)cc2)c(=O)[nH]c1=O. The van der Waals surface area contributed by atoms with E-state index in [2.05, 4.69) is 4.98 Å². The zero-order valence-corrected chi connectivity index (χ0v) is 9.59. The largest absolute Gasteiger partial charge is 0.393 e. The highest BCUT2D eigenvalue weighted by atomic mass is 16.3. The Bertz CT molecular complexity index is 656. The van der Waals surface area contributed by atoms with Gasteiger partial charge in [0.2, 0.25) is 0 Å². The Balaban J connectivity index is 2.31. The van der Waals surface area contributed by atoms with Gasteiger partial charge in [0.1, 0.15) is 5.69 Å². The Kier molecular flexibility index (Phi) is 3.29. The highest BCUT2D eigenvalue weighted by Crippen LogP contribution is 2.05. The smallest absolute Gasteiger partial charge is 0.328 e. The molecule has 0 unspecified atom stereocenters. The molecule has 0 atom stereocenters. The molecule has 1 heterocycles. The van der Waals surface area contributed by atoms with Crippen LogP contribution >= 0.6 is 0 Å². The van der Waals surface area contributed by atoms with Crippen LogP contribution in [0.2, 0.25) is 0 Å². The van der Waals surface area contributed by atoms with Crippen LogP contribution in [0.15, 0.2) is 40.1 Å². The molecule has 1 aromatic heterocycles. The number of hydrogen-bond acceptors (Lipinski definition) is 4. The van der Waals surface area contributed by atoms with E-state index in [-0.39, 0.29) is 12.3 Å². The van der Waals surface area contributed by atoms with Crippen molar-refractivity contribution in [3.8, 4) is 0 Å². The maximum Gasteiger partial charge on any atom is 0.328 e. The molecule has 0 spiro atoms. The average Bonchev–Trinajstić information content (AvgIpc) is 2.37. The monoisotopic (exact) mass is 247 g/mol. The summed E-state index contributed by atoms with van der Waals surface area (Å²) in [5, 5.41) is 8.92. The Hall–Kier alpha value is -2.34. The molecule has 0 radical (unpaired) electrons. The van der Waals surface area contributed by atoms with Gasteiger partial charge in [-0.25, -0.2) is 4.79 Å². The number of nitrogens with one attached hydrogen (secondary N) is 1. The van der Waals surface area contributed by atoms with Crippen LogP contribution in [0.4, 0.5) is 5.69 Å². The van der Waals surface area contributed by atoms with E-state index in [0.29, 0.717) is 6.54 Å². The van der Waals surface area contributed by atoms with Gasteiger partial charge in [0.05, 0.1) is 13.2 Å². The molecule has 0 amide bonds. The molecule has 0 fully saturated rings. The van der Waals surface area contributed by atoms with E-state index in [4.69, 9.17) is 10.8 Å². The summed E-state index contributed by atoms with van der Waals surface area (Å²) >= 11 is 0. The van der Waals surface area contributed by atoms with Crippen LogP contribution in [0, 0.1) is 0 Å². The molecule has 0 bridgehead atoms. The summed E-state index contributed by atoms with van der Waals surface area (Å²) in [5.41, 5.74) is 6.05. The zero-order chi connectivity index (χ0) is 13.1. The van der Waals surface area contributed by atoms with Gasteiger partial charge in [-0.05, 0) is 11.1 Å². The number of nitrogen functional groups attached to an aromatic ring is 1. The first-order chi connectivity index (χ1) is 8.60. The topological polar surface area (TPSA) is 101 Å². The normalized spacial score (nSPS) is 10.5. The second-order valence-electron chi connectivity index (χ2n) is 3.95. The van der Waals surface area contributed by atoms with Gasteiger partial charge in [-0.15, -0.1) is 0 Å². The van der Waals surface area contributed by atoms with Crippen LogP contribution in [0.1, 0.15) is 11.1 Å². The fourth-order valence-corrected chi connectivity index (χ4v) is 1.59. The molecular formula is C12H13N3O3. The summed E-state index contributed by atoms with van der Waals surface area (Å²) < 4.78 is 1.32. The first-order valence-electron chi connectivity index (χ1n) is 5.38. The third-order valence-electron chi connectivity index (χ3n) is 2.60. The molecular weight excluding hydrogens is 234 g/mol. The molecule has 0 saturated heterocycles. The van der Waals surface area contributed by atoms with Gasteiger partial charge in [0, 0.05) is 6.20 Å². The second kappa shape index (κ2) is 4.89. The summed E-state index contributed by atoms with van der Waals surface area (Å²) in [6.07, 6.45) is 1.32. The Morgan fingerprint density at radius 1 is 1.17 bits per heavy atom. The van der Waals surface area contributed by atoms with E-state index in [1.807, 2.05) is 0 Å². The summed E-state index contributed by atoms with van der Waals surface area (Å²) in [4.78, 5) is 24.8. The molecule has 18 heavy (non-hydrogen) atoms. The molecule has 94 valence electrons. The predicted molar refractivity (Wildman–Crippen MR) is 67.2 cm³/mol. The number of aromatic nitrogens is 2. The Labute approximate surface area is 102 Å². The number of nitrogens with two attached hydrogens (primary N) is 1. The maximum atomic E-state index is 11.5. The Morgan fingerprint density at radius 2 is 1.78 bits per heavy atom. The molecule has 0 saturated carbocycles. The van der Waals surface area contributed by atoms with Gasteiger partial charge >= 0.3 is 5.69 Å². The minimum atomic E-state index is -0.577. The fourth-order valence-electron chi connectivity index (χ4n) is 1.59. The molecule has 6 nitrogen and oxygen atoms in total. The van der Waals surface area contributed by atoms with E-state index in [0.717, 1.165) is 11.1 Å². The maximum absolute atomic E-state index is 11.5. The van der Waals surface area contributed by atoms with Gasteiger partial charge in [-0.1, -0.05) is 24.3 Å². The quantitative estimate of drug-likeness (QED) is 0.690. The number of hydrogen-bond donors (Lipinski definition) is 3. The lowest BCUT2D eigenvalue weighted by Gasteiger charge is -2.06. The van der Waals surface area contributed by atoms with Crippen LogP contribution in [-0.4, -0.2) is 14.7 Å². The number of rotatable bonds is 3. The molecule has 0 aliphatic rings. The van der Waals surface area contributed by atoms with Crippen molar-refractivity contribution in [2.45, 2.75) is 13.2 Å². The van der Waals surface area contributed by atoms with Gasteiger partial charge in [-0.3, -0.25) is 14.3 Å². The highest BCUT2D eigenvalue weighted by Gasteiger charge is 2.02. The van der Waals surface area contributed by atoms with Gasteiger partial charge in [0.15, 0.2) is 0 Å². The van der Waals surface area contributed by atoms with Crippen molar-refractivity contribution < 1.29 is 5.11 Å². The fraction of sp³-hybridized carbons (Fsp3) is 0.167. The van der Waals surface area contributed by atoms with Crippen molar-refractivity contribution in [2.24, 2.45) is 0 Å². The molecule has 1 aromatic carbocycles. The minimum Gasteiger partial charge on any atom is -0.393 e. The molecule has 6 heteroatoms. The number of nitrogens with zero attached hydrogens (tertiary/aromatic N) is 1. The number of H-pyrrole nitrogens is 1. The standard InChI is InChI=1S/C12H13N3O3/c13-10-6-15(12(18)14-11(10)17)5-8-1-3-9(7-16)4-2-8/h1-4,6,16H,5,7,13H2,(H,14,17,18). The molecule has 0 aliphatic heterocycles. The van der Waals surface area contributed by atoms with Crippen LogP contribution in [0.25, 0.3) is 0 Å². The van der Waals surface area contributed by atoms with E-state index in [1.165, 1.54) is 10.8 Å². The number of aromatic amines is 1. The summed E-state index contributed by atoms with van der Waals surface area (Å²) in [6.45, 7) is 0.289. The third kappa shape index (κ3) is 2.49. The first-order valence-corrected chi connectivity index (χ1v) is 5.38. The summed E-state index contributed by atoms with van der Waals surface area (Å²) in [6, 6.07) is 7.16. The summed E-state index contributed by atoms with van der Waals surface area (Å²) in [7, 11) is 0. The molecule has 2 rings (SSSR count). The predicted octanol–water partition coefficient (Wildman–Crippen LogP) is -0.341. The highest BCUT2D eigenvalue weighted by molar-refractivity contribution is 5.31. The third-order valence-corrected chi connectivity index (χ3v) is 2.60. The lowest BCUT2D eigenvalue weighted by Crippen LogP contribution is -2.31. The average molecular weight is 247 g/mol. The zero-order valence-electron chi connectivity index (χ0n) is 9.59. The van der Waals surface area contributed by atoms with E-state index < -0.39 is 11.2 Å². The lowest BCUT2D eigenvalue weighted by molar-refractivity contribution is 0.282. The van der Waals surface area contributed by atoms with Crippen molar-refractivity contribution >= 4 is 5.69 Å². The lowest BCUT2D eigenvalue weighted by atomic mass is 10.1. The van der Waals surface area contributed by atoms with E-state index in [9.17, 15) is 9.59 Å². The number of aliphatic hydroxyl groups is 1. The van der Waals surface area contributed by atoms with E-state index >= 15 is 0 Å². The van der Waals surface area contributed by atoms with Crippen molar-refractivity contribution in [1.82, 2.24) is 9.55 Å². The number of benzene rings is 1. The van der Waals surface area contributed by atoms with Crippen molar-refractivity contribution in [3.05, 3.63) is 62.4 Å². The van der Waals surface area contributed by atoms with Crippen molar-refractivity contribution in [2.75, 3.05) is 5.73 Å². The van der Waals surface area contributed by atoms with Crippen LogP contribution in [0.5, 0.6) is 0 Å². The van der Waals surface area contributed by atoms with Gasteiger partial charge < -0.3 is 10.8 Å². The summed E-state index contributed by atoms with van der Waals surface area (Å²) in [5.74, 6) is 0. The van der Waals surface area contributed by atoms with Gasteiger partial charge in [-0.2, -0.15) is 0 Å². The van der Waals surface area contributed by atoms with Crippen molar-refractivity contribution in [3.63, 3.8) is 0 Å². The van der Waals surface area contributed by atoms with Crippen LogP contribution < -0.4 is 17.0 Å². The number of aliphatic hydroxyl groups excluding tert-OH is 1. The van der Waals surface area contributed by atoms with Crippen LogP contribution in [-0.2, 0) is 13.2 Å². The second-order valence-corrected chi connectivity index (χ2v) is 3.95. The first kappa shape index (κ1) is 12.1. The van der Waals surface area contributed by atoms with E-state index in [1.54, 1.807) is 24.3 Å². The molecule has 2 aromatic rings. The number of anilines is 1. The van der Waals surface area contributed by atoms with Crippen molar-refractivity contribution in [1.29, 1.82) is 0 Å². The molecule has 0 aliphatic carbocycles.